The third-order valence-electron chi connectivity index (χ3n) is 2.44. The van der Waals surface area contributed by atoms with Crippen molar-refractivity contribution in [2.24, 2.45) is 0 Å². The normalized spacial score (nSPS) is 10.3. The van der Waals surface area contributed by atoms with Gasteiger partial charge in [0.25, 0.3) is 5.91 Å². The fourth-order valence-electron chi connectivity index (χ4n) is 1.62. The van der Waals surface area contributed by atoms with Gasteiger partial charge in [-0.1, -0.05) is 12.1 Å². The second kappa shape index (κ2) is 5.61. The summed E-state index contributed by atoms with van der Waals surface area (Å²) in [6, 6.07) is 7.08. The number of hydrogen-bond acceptors (Lipinski definition) is 5. The number of aromatic nitrogens is 1. The second-order valence-corrected chi connectivity index (χ2v) is 4.49. The molecule has 0 aliphatic rings. The van der Waals surface area contributed by atoms with E-state index in [-0.39, 0.29) is 19.1 Å². The van der Waals surface area contributed by atoms with Crippen LogP contribution in [0.1, 0.15) is 9.67 Å². The lowest BCUT2D eigenvalue weighted by Crippen LogP contribution is -2.33. The molecule has 0 spiro atoms. The second-order valence-electron chi connectivity index (χ2n) is 3.60. The molecule has 1 aromatic heterocycles. The average molecular weight is 263 g/mol. The molecule has 0 atom stereocenters. The molecule has 1 aromatic carbocycles. The predicted molar refractivity (Wildman–Crippen MR) is 71.7 cm³/mol. The number of carbonyl (C=O) groups is 1. The first-order valence-electron chi connectivity index (χ1n) is 5.39. The van der Waals surface area contributed by atoms with Crippen LogP contribution in [0.2, 0.25) is 0 Å². The molecule has 6 heteroatoms. The van der Waals surface area contributed by atoms with Crippen LogP contribution in [0.15, 0.2) is 36.0 Å². The van der Waals surface area contributed by atoms with Crippen LogP contribution in [-0.2, 0) is 0 Å². The molecule has 3 N–H and O–H groups in total. The van der Waals surface area contributed by atoms with E-state index < -0.39 is 0 Å². The number of rotatable bonds is 4. The summed E-state index contributed by atoms with van der Waals surface area (Å²) >= 11 is 1.26. The molecule has 0 saturated carbocycles. The molecule has 94 valence electrons. The van der Waals surface area contributed by atoms with Crippen molar-refractivity contribution in [3.63, 3.8) is 0 Å². The van der Waals surface area contributed by atoms with Crippen molar-refractivity contribution < 1.29 is 9.90 Å². The minimum atomic E-state index is -0.204. The number of thiazole rings is 1. The van der Waals surface area contributed by atoms with Gasteiger partial charge in [-0.25, -0.2) is 0 Å². The number of aliphatic hydroxyl groups excluding tert-OH is 1. The number of nitrogens with two attached hydrogens (primary N) is 1. The first kappa shape index (κ1) is 12.5. The summed E-state index contributed by atoms with van der Waals surface area (Å²) in [6.45, 7) is 0.0732. The lowest BCUT2D eigenvalue weighted by atomic mass is 10.2. The van der Waals surface area contributed by atoms with Crippen molar-refractivity contribution in [3.8, 4) is 0 Å². The Bertz CT molecular complexity index is 528. The molecule has 1 heterocycles. The number of para-hydroxylation sites is 2. The van der Waals surface area contributed by atoms with Gasteiger partial charge in [-0.2, -0.15) is 0 Å². The molecule has 0 fully saturated rings. The van der Waals surface area contributed by atoms with Gasteiger partial charge in [-0.3, -0.25) is 9.78 Å². The van der Waals surface area contributed by atoms with E-state index in [9.17, 15) is 4.79 Å². The Morgan fingerprint density at radius 3 is 2.83 bits per heavy atom. The molecule has 0 unspecified atom stereocenters. The van der Waals surface area contributed by atoms with Gasteiger partial charge in [-0.15, -0.1) is 11.3 Å². The van der Waals surface area contributed by atoms with Crippen LogP contribution in [0.3, 0.4) is 0 Å². The molecule has 18 heavy (non-hydrogen) atoms. The van der Waals surface area contributed by atoms with Gasteiger partial charge in [0.1, 0.15) is 4.88 Å². The van der Waals surface area contributed by atoms with Gasteiger partial charge in [0, 0.05) is 6.54 Å². The fourth-order valence-corrected chi connectivity index (χ4v) is 2.19. The largest absolute Gasteiger partial charge is 0.397 e. The Kier molecular flexibility index (Phi) is 3.91. The maximum atomic E-state index is 12.3. The molecule has 0 bridgehead atoms. The van der Waals surface area contributed by atoms with Crippen LogP contribution in [0.25, 0.3) is 0 Å². The van der Waals surface area contributed by atoms with Gasteiger partial charge in [0.15, 0.2) is 0 Å². The van der Waals surface area contributed by atoms with Crippen LogP contribution in [0.5, 0.6) is 0 Å². The van der Waals surface area contributed by atoms with Gasteiger partial charge in [-0.05, 0) is 12.1 Å². The molecule has 0 aliphatic carbocycles. The Morgan fingerprint density at radius 1 is 1.44 bits per heavy atom. The van der Waals surface area contributed by atoms with Crippen molar-refractivity contribution in [2.75, 3.05) is 23.8 Å². The molecule has 5 nitrogen and oxygen atoms in total. The zero-order chi connectivity index (χ0) is 13.0. The number of anilines is 2. The number of amides is 1. The van der Waals surface area contributed by atoms with Crippen molar-refractivity contribution in [1.82, 2.24) is 4.98 Å². The third-order valence-corrected chi connectivity index (χ3v) is 3.20. The monoisotopic (exact) mass is 263 g/mol. The summed E-state index contributed by atoms with van der Waals surface area (Å²) in [5.41, 5.74) is 8.56. The summed E-state index contributed by atoms with van der Waals surface area (Å²) < 4.78 is 0. The zero-order valence-corrected chi connectivity index (χ0v) is 10.4. The Balaban J connectivity index is 2.34. The van der Waals surface area contributed by atoms with E-state index in [4.69, 9.17) is 10.8 Å². The van der Waals surface area contributed by atoms with Gasteiger partial charge in [0.05, 0.1) is 29.7 Å². The van der Waals surface area contributed by atoms with Gasteiger partial charge in [0.2, 0.25) is 0 Å². The predicted octanol–water partition coefficient (Wildman–Crippen LogP) is 1.36. The fraction of sp³-hybridized carbons (Fsp3) is 0.167. The lowest BCUT2D eigenvalue weighted by molar-refractivity contribution is 0.0985. The molecule has 2 aromatic rings. The maximum Gasteiger partial charge on any atom is 0.270 e. The smallest absolute Gasteiger partial charge is 0.270 e. The van der Waals surface area contributed by atoms with Crippen molar-refractivity contribution in [2.45, 2.75) is 0 Å². The summed E-state index contributed by atoms with van der Waals surface area (Å²) in [5, 5.41) is 9.09. The molecule has 2 rings (SSSR count). The van der Waals surface area contributed by atoms with E-state index in [2.05, 4.69) is 4.98 Å². The van der Waals surface area contributed by atoms with Gasteiger partial charge < -0.3 is 15.7 Å². The summed E-state index contributed by atoms with van der Waals surface area (Å²) in [7, 11) is 0. The van der Waals surface area contributed by atoms with Crippen LogP contribution in [0, 0.1) is 0 Å². The number of nitrogen functional groups attached to an aromatic ring is 1. The average Bonchev–Trinajstić information content (AvgIpc) is 2.90. The molecule has 0 saturated heterocycles. The van der Waals surface area contributed by atoms with Crippen molar-refractivity contribution in [3.05, 3.63) is 40.8 Å². The molecular weight excluding hydrogens is 250 g/mol. The third kappa shape index (κ3) is 2.49. The van der Waals surface area contributed by atoms with E-state index in [1.165, 1.54) is 22.4 Å². The van der Waals surface area contributed by atoms with Crippen LogP contribution < -0.4 is 10.6 Å². The molecule has 0 radical (unpaired) electrons. The molecular formula is C12H13N3O2S. The van der Waals surface area contributed by atoms with E-state index in [0.717, 1.165) is 0 Å². The molecule has 1 amide bonds. The minimum absolute atomic E-state index is 0.126. The Labute approximate surface area is 108 Å². The maximum absolute atomic E-state index is 12.3. The highest BCUT2D eigenvalue weighted by Gasteiger charge is 2.20. The summed E-state index contributed by atoms with van der Waals surface area (Å²) in [6.07, 6.45) is 1.51. The van der Waals surface area contributed by atoms with Gasteiger partial charge >= 0.3 is 0 Å². The lowest BCUT2D eigenvalue weighted by Gasteiger charge is -2.22. The Hall–Kier alpha value is -1.92. The van der Waals surface area contributed by atoms with Crippen molar-refractivity contribution in [1.29, 1.82) is 0 Å². The summed E-state index contributed by atoms with van der Waals surface area (Å²) in [5.74, 6) is -0.204. The number of hydrogen-bond donors (Lipinski definition) is 2. The summed E-state index contributed by atoms with van der Waals surface area (Å²) in [4.78, 5) is 18.1. The van der Waals surface area contributed by atoms with Crippen LogP contribution >= 0.6 is 11.3 Å². The number of aliphatic hydroxyl groups is 1. The molecule has 0 aliphatic heterocycles. The van der Waals surface area contributed by atoms with E-state index in [1.807, 2.05) is 0 Å². The van der Waals surface area contributed by atoms with Crippen molar-refractivity contribution >= 4 is 28.6 Å². The quantitative estimate of drug-likeness (QED) is 0.816. The standard InChI is InChI=1S/C12H13N3O2S/c13-9-3-1-2-4-10(9)15(5-6-16)12(17)11-7-14-8-18-11/h1-4,7-8,16H,5-6,13H2. The highest BCUT2D eigenvalue weighted by atomic mass is 32.1. The number of carbonyl (C=O) groups excluding carboxylic acids is 1. The topological polar surface area (TPSA) is 79.5 Å². The number of nitrogens with zero attached hydrogens (tertiary/aromatic N) is 2. The Morgan fingerprint density at radius 2 is 2.22 bits per heavy atom. The highest BCUT2D eigenvalue weighted by Crippen LogP contribution is 2.24. The van der Waals surface area contributed by atoms with E-state index >= 15 is 0 Å². The van der Waals surface area contributed by atoms with E-state index in [0.29, 0.717) is 16.3 Å². The van der Waals surface area contributed by atoms with E-state index in [1.54, 1.807) is 29.8 Å². The van der Waals surface area contributed by atoms with Crippen LogP contribution in [0.4, 0.5) is 11.4 Å². The first-order chi connectivity index (χ1) is 8.74. The SMILES string of the molecule is Nc1ccccc1N(CCO)C(=O)c1cncs1. The van der Waals surface area contributed by atoms with Crippen LogP contribution in [-0.4, -0.2) is 29.1 Å². The highest BCUT2D eigenvalue weighted by molar-refractivity contribution is 7.11. The zero-order valence-electron chi connectivity index (χ0n) is 9.61. The number of benzene rings is 1. The minimum Gasteiger partial charge on any atom is -0.397 e. The first-order valence-corrected chi connectivity index (χ1v) is 6.27.